The molecule has 0 radical (unpaired) electrons. The van der Waals surface area contributed by atoms with Crippen molar-refractivity contribution in [3.8, 4) is 11.6 Å². The van der Waals surface area contributed by atoms with Crippen LogP contribution in [0.1, 0.15) is 0 Å². The Balaban J connectivity index is 3.21. The second kappa shape index (κ2) is 3.04. The maximum Gasteiger partial charge on any atom is 0.334 e. The highest BCUT2D eigenvalue weighted by Crippen LogP contribution is 2.26. The molecule has 0 spiro atoms. The van der Waals surface area contributed by atoms with Gasteiger partial charge in [-0.3, -0.25) is 10.1 Å². The molecule has 6 heteroatoms. The number of ether oxygens (including phenoxy) is 1. The third-order valence-electron chi connectivity index (χ3n) is 1.21. The lowest BCUT2D eigenvalue weighted by atomic mass is 10.4. The average molecular weight is 170 g/mol. The van der Waals surface area contributed by atoms with Crippen molar-refractivity contribution in [2.45, 2.75) is 0 Å². The van der Waals surface area contributed by atoms with E-state index in [9.17, 15) is 10.1 Å². The van der Waals surface area contributed by atoms with Gasteiger partial charge in [-0.15, -0.1) is 0 Å². The lowest BCUT2D eigenvalue weighted by Crippen LogP contribution is -1.95. The molecule has 12 heavy (non-hydrogen) atoms. The van der Waals surface area contributed by atoms with E-state index in [1.807, 2.05) is 0 Å². The van der Waals surface area contributed by atoms with Gasteiger partial charge < -0.3 is 9.84 Å². The largest absolute Gasteiger partial charge is 0.506 e. The van der Waals surface area contributed by atoms with Crippen molar-refractivity contribution in [1.29, 1.82) is 0 Å². The van der Waals surface area contributed by atoms with Crippen LogP contribution in [0.5, 0.6) is 11.6 Å². The summed E-state index contributed by atoms with van der Waals surface area (Å²) < 4.78 is 4.60. The minimum Gasteiger partial charge on any atom is -0.506 e. The molecule has 0 aromatic carbocycles. The fourth-order valence-electron chi connectivity index (χ4n) is 0.718. The average Bonchev–Trinajstić information content (AvgIpc) is 2.04. The Morgan fingerprint density at radius 2 is 2.42 bits per heavy atom. The van der Waals surface area contributed by atoms with E-state index in [0.717, 1.165) is 12.3 Å². The number of aromatic nitrogens is 1. The molecule has 0 unspecified atom stereocenters. The molecule has 64 valence electrons. The summed E-state index contributed by atoms with van der Waals surface area (Å²) in [6.45, 7) is 0. The van der Waals surface area contributed by atoms with E-state index in [4.69, 9.17) is 5.11 Å². The number of methoxy groups -OCH3 is 1. The first kappa shape index (κ1) is 8.25. The summed E-state index contributed by atoms with van der Waals surface area (Å²) in [5, 5.41) is 19.2. The van der Waals surface area contributed by atoms with Crippen molar-refractivity contribution in [2.75, 3.05) is 7.11 Å². The summed E-state index contributed by atoms with van der Waals surface area (Å²) in [7, 11) is 1.27. The summed E-state index contributed by atoms with van der Waals surface area (Å²) in [6.07, 6.45) is 1.08. The van der Waals surface area contributed by atoms with Crippen molar-refractivity contribution < 1.29 is 14.8 Å². The predicted molar refractivity (Wildman–Crippen MR) is 39.1 cm³/mol. The van der Waals surface area contributed by atoms with Gasteiger partial charge >= 0.3 is 5.69 Å². The molecule has 0 amide bonds. The van der Waals surface area contributed by atoms with Gasteiger partial charge in [-0.2, -0.15) is 0 Å². The van der Waals surface area contributed by atoms with E-state index >= 15 is 0 Å². The molecule has 0 saturated carbocycles. The number of hydrogen-bond acceptors (Lipinski definition) is 5. The van der Waals surface area contributed by atoms with Crippen LogP contribution in [0.15, 0.2) is 12.3 Å². The fourth-order valence-corrected chi connectivity index (χ4v) is 0.718. The third-order valence-corrected chi connectivity index (χ3v) is 1.21. The summed E-state index contributed by atoms with van der Waals surface area (Å²) in [4.78, 5) is 13.1. The van der Waals surface area contributed by atoms with Gasteiger partial charge in [0.2, 0.25) is 0 Å². The van der Waals surface area contributed by atoms with Crippen molar-refractivity contribution >= 4 is 5.69 Å². The molecule has 0 fully saturated rings. The van der Waals surface area contributed by atoms with E-state index in [0.29, 0.717) is 0 Å². The minimum atomic E-state index is -0.675. The lowest BCUT2D eigenvalue weighted by Gasteiger charge is -1.98. The molecule has 0 aliphatic heterocycles. The third kappa shape index (κ3) is 1.42. The monoisotopic (exact) mass is 170 g/mol. The first-order valence-corrected chi connectivity index (χ1v) is 3.02. The second-order valence-corrected chi connectivity index (χ2v) is 1.98. The standard InChI is InChI=1S/C6H6N2O4/c1-12-6-5(8(10)11)2-4(9)3-7-6/h2-3,9H,1H3. The highest BCUT2D eigenvalue weighted by atomic mass is 16.6. The van der Waals surface area contributed by atoms with Crippen LogP contribution < -0.4 is 4.74 Å². The number of nitro groups is 1. The van der Waals surface area contributed by atoms with Gasteiger partial charge in [-0.1, -0.05) is 0 Å². The molecule has 0 bridgehead atoms. The Labute approximate surface area is 67.6 Å². The number of hydrogen-bond donors (Lipinski definition) is 1. The second-order valence-electron chi connectivity index (χ2n) is 1.98. The zero-order valence-corrected chi connectivity index (χ0v) is 6.22. The van der Waals surface area contributed by atoms with E-state index in [1.165, 1.54) is 7.11 Å². The number of nitrogens with zero attached hydrogens (tertiary/aromatic N) is 2. The molecular weight excluding hydrogens is 164 g/mol. The van der Waals surface area contributed by atoms with E-state index in [2.05, 4.69) is 9.72 Å². The lowest BCUT2D eigenvalue weighted by molar-refractivity contribution is -0.386. The molecule has 0 aliphatic rings. The molecule has 1 rings (SSSR count). The summed E-state index contributed by atoms with van der Waals surface area (Å²) >= 11 is 0. The summed E-state index contributed by atoms with van der Waals surface area (Å²) in [6, 6.07) is 0.978. The van der Waals surface area contributed by atoms with Crippen LogP contribution in [-0.4, -0.2) is 22.1 Å². The molecule has 1 heterocycles. The van der Waals surface area contributed by atoms with Crippen LogP contribution in [0, 0.1) is 10.1 Å². The van der Waals surface area contributed by atoms with Crippen molar-refractivity contribution in [3.05, 3.63) is 22.4 Å². The zero-order chi connectivity index (χ0) is 9.14. The fraction of sp³-hybridized carbons (Fsp3) is 0.167. The molecule has 6 nitrogen and oxygen atoms in total. The quantitative estimate of drug-likeness (QED) is 0.521. The van der Waals surface area contributed by atoms with Crippen LogP contribution in [-0.2, 0) is 0 Å². The predicted octanol–water partition coefficient (Wildman–Crippen LogP) is 0.704. The van der Waals surface area contributed by atoms with Crippen LogP contribution in [0.3, 0.4) is 0 Å². The maximum atomic E-state index is 10.3. The highest BCUT2D eigenvalue weighted by Gasteiger charge is 2.16. The summed E-state index contributed by atoms with van der Waals surface area (Å²) in [5.74, 6) is -0.375. The highest BCUT2D eigenvalue weighted by molar-refractivity contribution is 5.44. The van der Waals surface area contributed by atoms with Crippen LogP contribution >= 0.6 is 0 Å². The van der Waals surface area contributed by atoms with E-state index in [-0.39, 0.29) is 17.3 Å². The summed E-state index contributed by atoms with van der Waals surface area (Å²) in [5.41, 5.74) is -0.350. The Hall–Kier alpha value is -1.85. The van der Waals surface area contributed by atoms with E-state index in [1.54, 1.807) is 0 Å². The Bertz CT molecular complexity index is 312. The Kier molecular flexibility index (Phi) is 2.09. The van der Waals surface area contributed by atoms with Gasteiger partial charge in [0.1, 0.15) is 5.75 Å². The van der Waals surface area contributed by atoms with Gasteiger partial charge in [0.25, 0.3) is 5.88 Å². The van der Waals surface area contributed by atoms with Gasteiger partial charge in [0, 0.05) is 0 Å². The van der Waals surface area contributed by atoms with E-state index < -0.39 is 4.92 Å². The topological polar surface area (TPSA) is 85.5 Å². The van der Waals surface area contributed by atoms with Crippen molar-refractivity contribution in [2.24, 2.45) is 0 Å². The molecule has 1 aromatic rings. The Morgan fingerprint density at radius 3 is 2.92 bits per heavy atom. The first-order chi connectivity index (χ1) is 5.65. The molecular formula is C6H6N2O4. The van der Waals surface area contributed by atoms with Crippen molar-refractivity contribution in [3.63, 3.8) is 0 Å². The zero-order valence-electron chi connectivity index (χ0n) is 6.22. The smallest absolute Gasteiger partial charge is 0.334 e. The molecule has 0 atom stereocenters. The molecule has 0 saturated heterocycles. The molecule has 1 N–H and O–H groups in total. The van der Waals surface area contributed by atoms with Crippen LogP contribution in [0.4, 0.5) is 5.69 Å². The number of rotatable bonds is 2. The van der Waals surface area contributed by atoms with Gasteiger partial charge in [-0.25, -0.2) is 4.98 Å². The normalized spacial score (nSPS) is 9.42. The minimum absolute atomic E-state index is 0.113. The SMILES string of the molecule is COc1ncc(O)cc1[N+](=O)[O-]. The Morgan fingerprint density at radius 1 is 1.75 bits per heavy atom. The maximum absolute atomic E-state index is 10.3. The first-order valence-electron chi connectivity index (χ1n) is 3.02. The van der Waals surface area contributed by atoms with Crippen LogP contribution in [0.25, 0.3) is 0 Å². The van der Waals surface area contributed by atoms with Crippen LogP contribution in [0.2, 0.25) is 0 Å². The molecule has 1 aromatic heterocycles. The number of aromatic hydroxyl groups is 1. The van der Waals surface area contributed by atoms with Gasteiger partial charge in [0.15, 0.2) is 0 Å². The number of pyridine rings is 1. The molecule has 0 aliphatic carbocycles. The van der Waals surface area contributed by atoms with Crippen molar-refractivity contribution in [1.82, 2.24) is 4.98 Å². The van der Waals surface area contributed by atoms with Gasteiger partial charge in [-0.05, 0) is 0 Å². The van der Waals surface area contributed by atoms with Gasteiger partial charge in [0.05, 0.1) is 24.3 Å².